The van der Waals surface area contributed by atoms with E-state index in [1.54, 1.807) is 0 Å². The third-order valence-corrected chi connectivity index (χ3v) is 3.56. The Morgan fingerprint density at radius 3 is 2.20 bits per heavy atom. The maximum absolute atomic E-state index is 5.80. The van der Waals surface area contributed by atoms with Gasteiger partial charge in [-0.2, -0.15) is 0 Å². The Balaban J connectivity index is 2.29. The minimum Gasteiger partial charge on any atom is -0.329 e. The molecule has 1 aliphatic rings. The van der Waals surface area contributed by atoms with E-state index in [1.165, 1.54) is 45.6 Å². The molecule has 0 radical (unpaired) electrons. The summed E-state index contributed by atoms with van der Waals surface area (Å²) < 4.78 is 0. The SMILES string of the molecule is CCCCN1CCN(C(C)(C)CN)CC1. The van der Waals surface area contributed by atoms with Crippen molar-refractivity contribution in [2.24, 2.45) is 5.73 Å². The van der Waals surface area contributed by atoms with Gasteiger partial charge in [-0.25, -0.2) is 0 Å². The molecule has 0 atom stereocenters. The van der Waals surface area contributed by atoms with Gasteiger partial charge >= 0.3 is 0 Å². The largest absolute Gasteiger partial charge is 0.329 e. The van der Waals surface area contributed by atoms with Crippen LogP contribution in [-0.4, -0.2) is 54.6 Å². The zero-order chi connectivity index (χ0) is 11.3. The summed E-state index contributed by atoms with van der Waals surface area (Å²) in [6.45, 7) is 13.5. The normalized spacial score (nSPS) is 20.8. The lowest BCUT2D eigenvalue weighted by Crippen LogP contribution is -2.57. The highest BCUT2D eigenvalue weighted by Gasteiger charge is 2.28. The van der Waals surface area contributed by atoms with Gasteiger partial charge in [0.25, 0.3) is 0 Å². The molecule has 0 amide bonds. The Labute approximate surface area is 94.6 Å². The lowest BCUT2D eigenvalue weighted by Gasteiger charge is -2.43. The average molecular weight is 213 g/mol. The quantitative estimate of drug-likeness (QED) is 0.743. The van der Waals surface area contributed by atoms with E-state index in [-0.39, 0.29) is 5.54 Å². The first-order chi connectivity index (χ1) is 7.10. The number of unbranched alkanes of at least 4 members (excludes halogenated alkanes) is 1. The van der Waals surface area contributed by atoms with Gasteiger partial charge in [-0.05, 0) is 26.8 Å². The van der Waals surface area contributed by atoms with Crippen LogP contribution in [0.2, 0.25) is 0 Å². The predicted molar refractivity (Wildman–Crippen MR) is 66.1 cm³/mol. The number of rotatable bonds is 5. The summed E-state index contributed by atoms with van der Waals surface area (Å²) in [7, 11) is 0. The molecule has 1 saturated heterocycles. The third-order valence-electron chi connectivity index (χ3n) is 3.56. The molecular weight excluding hydrogens is 186 g/mol. The van der Waals surface area contributed by atoms with Crippen molar-refractivity contribution in [2.75, 3.05) is 39.3 Å². The van der Waals surface area contributed by atoms with Crippen molar-refractivity contribution in [3.05, 3.63) is 0 Å². The molecule has 0 aliphatic carbocycles. The first-order valence-electron chi connectivity index (χ1n) is 6.27. The monoisotopic (exact) mass is 213 g/mol. The molecule has 2 N–H and O–H groups in total. The molecule has 3 heteroatoms. The second kappa shape index (κ2) is 5.83. The Morgan fingerprint density at radius 1 is 1.13 bits per heavy atom. The van der Waals surface area contributed by atoms with Crippen LogP contribution < -0.4 is 5.73 Å². The van der Waals surface area contributed by atoms with E-state index in [1.807, 2.05) is 0 Å². The summed E-state index contributed by atoms with van der Waals surface area (Å²) in [6, 6.07) is 0. The molecule has 0 spiro atoms. The summed E-state index contributed by atoms with van der Waals surface area (Å²) >= 11 is 0. The summed E-state index contributed by atoms with van der Waals surface area (Å²) in [4.78, 5) is 5.10. The van der Waals surface area contributed by atoms with E-state index in [2.05, 4.69) is 30.6 Å². The lowest BCUT2D eigenvalue weighted by molar-refractivity contribution is 0.0564. The molecule has 0 aromatic heterocycles. The van der Waals surface area contributed by atoms with E-state index in [9.17, 15) is 0 Å². The molecule has 0 aromatic rings. The smallest absolute Gasteiger partial charge is 0.0276 e. The molecular formula is C12H27N3. The van der Waals surface area contributed by atoms with Crippen LogP contribution in [0, 0.1) is 0 Å². The van der Waals surface area contributed by atoms with E-state index < -0.39 is 0 Å². The number of hydrogen-bond acceptors (Lipinski definition) is 3. The molecule has 1 heterocycles. The maximum Gasteiger partial charge on any atom is 0.0276 e. The van der Waals surface area contributed by atoms with Crippen molar-refractivity contribution >= 4 is 0 Å². The van der Waals surface area contributed by atoms with Gasteiger partial charge < -0.3 is 10.6 Å². The fraction of sp³-hybridized carbons (Fsp3) is 1.00. The Hall–Kier alpha value is -0.120. The van der Waals surface area contributed by atoms with Gasteiger partial charge in [-0.1, -0.05) is 13.3 Å². The van der Waals surface area contributed by atoms with Gasteiger partial charge in [-0.15, -0.1) is 0 Å². The molecule has 0 unspecified atom stereocenters. The van der Waals surface area contributed by atoms with Crippen LogP contribution in [0.5, 0.6) is 0 Å². The third kappa shape index (κ3) is 3.74. The average Bonchev–Trinajstić information content (AvgIpc) is 2.27. The number of nitrogens with two attached hydrogens (primary N) is 1. The zero-order valence-electron chi connectivity index (χ0n) is 10.6. The van der Waals surface area contributed by atoms with Crippen LogP contribution >= 0.6 is 0 Å². The van der Waals surface area contributed by atoms with E-state index in [0.717, 1.165) is 6.54 Å². The molecule has 0 bridgehead atoms. The molecule has 1 fully saturated rings. The fourth-order valence-corrected chi connectivity index (χ4v) is 2.09. The summed E-state index contributed by atoms with van der Waals surface area (Å²) in [5.41, 5.74) is 5.97. The minimum absolute atomic E-state index is 0.177. The van der Waals surface area contributed by atoms with Crippen LogP contribution in [0.15, 0.2) is 0 Å². The van der Waals surface area contributed by atoms with E-state index in [4.69, 9.17) is 5.73 Å². The molecule has 3 nitrogen and oxygen atoms in total. The summed E-state index contributed by atoms with van der Waals surface area (Å²) in [6.07, 6.45) is 2.63. The van der Waals surface area contributed by atoms with E-state index in [0.29, 0.717) is 0 Å². The second-order valence-electron chi connectivity index (χ2n) is 5.20. The Morgan fingerprint density at radius 2 is 1.73 bits per heavy atom. The van der Waals surface area contributed by atoms with Gasteiger partial charge in [0.2, 0.25) is 0 Å². The van der Waals surface area contributed by atoms with Gasteiger partial charge in [0, 0.05) is 38.3 Å². The van der Waals surface area contributed by atoms with Crippen molar-refractivity contribution < 1.29 is 0 Å². The first-order valence-corrected chi connectivity index (χ1v) is 6.27. The predicted octanol–water partition coefficient (Wildman–Crippen LogP) is 1.14. The van der Waals surface area contributed by atoms with Crippen LogP contribution in [0.1, 0.15) is 33.6 Å². The lowest BCUT2D eigenvalue weighted by atomic mass is 10.0. The highest BCUT2D eigenvalue weighted by atomic mass is 15.3. The molecule has 0 saturated carbocycles. The molecule has 15 heavy (non-hydrogen) atoms. The summed E-state index contributed by atoms with van der Waals surface area (Å²) in [5, 5.41) is 0. The van der Waals surface area contributed by atoms with Crippen LogP contribution in [0.3, 0.4) is 0 Å². The fourth-order valence-electron chi connectivity index (χ4n) is 2.09. The molecule has 90 valence electrons. The Bertz CT molecular complexity index is 172. The molecule has 0 aromatic carbocycles. The summed E-state index contributed by atoms with van der Waals surface area (Å²) in [5.74, 6) is 0. The van der Waals surface area contributed by atoms with Crippen molar-refractivity contribution in [3.8, 4) is 0 Å². The van der Waals surface area contributed by atoms with Crippen molar-refractivity contribution in [3.63, 3.8) is 0 Å². The maximum atomic E-state index is 5.80. The highest BCUT2D eigenvalue weighted by Crippen LogP contribution is 2.15. The van der Waals surface area contributed by atoms with Crippen LogP contribution in [0.25, 0.3) is 0 Å². The molecule has 1 aliphatic heterocycles. The number of nitrogens with zero attached hydrogens (tertiary/aromatic N) is 2. The van der Waals surface area contributed by atoms with Crippen LogP contribution in [-0.2, 0) is 0 Å². The second-order valence-corrected chi connectivity index (χ2v) is 5.20. The van der Waals surface area contributed by atoms with E-state index >= 15 is 0 Å². The van der Waals surface area contributed by atoms with Gasteiger partial charge in [0.1, 0.15) is 0 Å². The topological polar surface area (TPSA) is 32.5 Å². The van der Waals surface area contributed by atoms with Crippen molar-refractivity contribution in [2.45, 2.75) is 39.2 Å². The zero-order valence-corrected chi connectivity index (χ0v) is 10.6. The van der Waals surface area contributed by atoms with Gasteiger partial charge in [0.05, 0.1) is 0 Å². The van der Waals surface area contributed by atoms with Crippen LogP contribution in [0.4, 0.5) is 0 Å². The number of piperazine rings is 1. The standard InChI is InChI=1S/C12H27N3/c1-4-5-6-14-7-9-15(10-8-14)12(2,3)11-13/h4-11,13H2,1-3H3. The van der Waals surface area contributed by atoms with Gasteiger partial charge in [0.15, 0.2) is 0 Å². The van der Waals surface area contributed by atoms with Crippen molar-refractivity contribution in [1.29, 1.82) is 0 Å². The minimum atomic E-state index is 0.177. The highest BCUT2D eigenvalue weighted by molar-refractivity contribution is 4.86. The van der Waals surface area contributed by atoms with Crippen molar-refractivity contribution in [1.82, 2.24) is 9.80 Å². The first kappa shape index (κ1) is 12.9. The molecule has 1 rings (SSSR count). The number of hydrogen-bond donors (Lipinski definition) is 1. The van der Waals surface area contributed by atoms with Gasteiger partial charge in [-0.3, -0.25) is 4.90 Å². The Kier molecular flexibility index (Phi) is 5.03.